The van der Waals surface area contributed by atoms with E-state index in [4.69, 9.17) is 10.8 Å². The van der Waals surface area contributed by atoms with Crippen LogP contribution in [0.3, 0.4) is 0 Å². The Bertz CT molecular complexity index is 531. The van der Waals surface area contributed by atoms with E-state index in [9.17, 15) is 13.2 Å². The zero-order chi connectivity index (χ0) is 13.9. The Morgan fingerprint density at radius 2 is 1.78 bits per heavy atom. The van der Waals surface area contributed by atoms with Crippen molar-refractivity contribution in [3.05, 3.63) is 34.9 Å². The van der Waals surface area contributed by atoms with Crippen LogP contribution in [-0.2, 0) is 20.4 Å². The van der Waals surface area contributed by atoms with Gasteiger partial charge in [-0.05, 0) is 19.4 Å². The van der Waals surface area contributed by atoms with Gasteiger partial charge in [0.15, 0.2) is 15.1 Å². The lowest BCUT2D eigenvalue weighted by atomic mass is 10.1. The molecular formula is C12H17NO4S. The van der Waals surface area contributed by atoms with Gasteiger partial charge < -0.3 is 10.8 Å². The van der Waals surface area contributed by atoms with Gasteiger partial charge in [-0.1, -0.05) is 29.3 Å². The van der Waals surface area contributed by atoms with E-state index in [2.05, 4.69) is 0 Å². The molecule has 5 nitrogen and oxygen atoms in total. The van der Waals surface area contributed by atoms with Gasteiger partial charge in [0.05, 0.1) is 5.75 Å². The highest BCUT2D eigenvalue weighted by Gasteiger charge is 2.31. The molecule has 0 spiro atoms. The summed E-state index contributed by atoms with van der Waals surface area (Å²) in [6, 6.07) is 5.40. The second-order valence-electron chi connectivity index (χ2n) is 4.37. The third kappa shape index (κ3) is 3.54. The van der Waals surface area contributed by atoms with Crippen molar-refractivity contribution < 1.29 is 18.3 Å². The number of benzene rings is 1. The molecule has 0 aliphatic carbocycles. The number of rotatable bonds is 5. The molecule has 0 aliphatic heterocycles. The first-order valence-electron chi connectivity index (χ1n) is 5.48. The minimum Gasteiger partial charge on any atom is -0.480 e. The second kappa shape index (κ2) is 5.49. The predicted octanol–water partition coefficient (Wildman–Crippen LogP) is 0.630. The summed E-state index contributed by atoms with van der Waals surface area (Å²) >= 11 is 0. The molecule has 0 radical (unpaired) electrons. The van der Waals surface area contributed by atoms with Crippen molar-refractivity contribution in [2.75, 3.05) is 6.54 Å². The van der Waals surface area contributed by atoms with Crippen LogP contribution in [0.2, 0.25) is 0 Å². The molecule has 0 bridgehead atoms. The molecule has 3 N–H and O–H groups in total. The topological polar surface area (TPSA) is 97.5 Å². The highest BCUT2D eigenvalue weighted by molar-refractivity contribution is 7.92. The zero-order valence-electron chi connectivity index (χ0n) is 10.4. The average Bonchev–Trinajstić information content (AvgIpc) is 2.13. The van der Waals surface area contributed by atoms with Crippen LogP contribution in [0.5, 0.6) is 0 Å². The van der Waals surface area contributed by atoms with E-state index in [-0.39, 0.29) is 5.75 Å². The van der Waals surface area contributed by atoms with E-state index in [1.165, 1.54) is 0 Å². The van der Waals surface area contributed by atoms with Gasteiger partial charge in [-0.2, -0.15) is 0 Å². The molecule has 0 saturated heterocycles. The van der Waals surface area contributed by atoms with Crippen LogP contribution in [-0.4, -0.2) is 31.3 Å². The fourth-order valence-corrected chi connectivity index (χ4v) is 3.32. The SMILES string of the molecule is Cc1cc(C)cc(CS(=O)(=O)C(CN)C(=O)O)c1. The average molecular weight is 271 g/mol. The Balaban J connectivity index is 3.05. The van der Waals surface area contributed by atoms with Gasteiger partial charge in [0, 0.05) is 6.54 Å². The molecule has 1 unspecified atom stereocenters. The summed E-state index contributed by atoms with van der Waals surface area (Å²) < 4.78 is 23.9. The summed E-state index contributed by atoms with van der Waals surface area (Å²) in [5.74, 6) is -1.70. The maximum atomic E-state index is 11.9. The molecular weight excluding hydrogens is 254 g/mol. The first-order chi connectivity index (χ1) is 8.26. The number of carboxylic acid groups (broad SMARTS) is 1. The number of sulfone groups is 1. The van der Waals surface area contributed by atoms with Crippen molar-refractivity contribution in [3.63, 3.8) is 0 Å². The number of aryl methyl sites for hydroxylation is 2. The highest BCUT2D eigenvalue weighted by atomic mass is 32.2. The lowest BCUT2D eigenvalue weighted by Gasteiger charge is -2.12. The number of hydrogen-bond acceptors (Lipinski definition) is 4. The van der Waals surface area contributed by atoms with Crippen molar-refractivity contribution in [2.45, 2.75) is 24.9 Å². The van der Waals surface area contributed by atoms with E-state index in [1.54, 1.807) is 12.1 Å². The Labute approximate surface area is 107 Å². The second-order valence-corrected chi connectivity index (χ2v) is 6.55. The molecule has 1 rings (SSSR count). The summed E-state index contributed by atoms with van der Waals surface area (Å²) in [6.45, 7) is 3.31. The molecule has 18 heavy (non-hydrogen) atoms. The van der Waals surface area contributed by atoms with Crippen LogP contribution in [0.15, 0.2) is 18.2 Å². The van der Waals surface area contributed by atoms with Crippen LogP contribution in [0.4, 0.5) is 0 Å². The molecule has 1 aromatic rings. The molecule has 0 aliphatic rings. The fourth-order valence-electron chi connectivity index (χ4n) is 1.89. The normalized spacial score (nSPS) is 13.3. The van der Waals surface area contributed by atoms with Gasteiger partial charge in [-0.15, -0.1) is 0 Å². The molecule has 100 valence electrons. The molecule has 0 heterocycles. The third-order valence-corrected chi connectivity index (χ3v) is 4.57. The van der Waals surface area contributed by atoms with Gasteiger partial charge in [0.25, 0.3) is 0 Å². The summed E-state index contributed by atoms with van der Waals surface area (Å²) in [7, 11) is -3.78. The smallest absolute Gasteiger partial charge is 0.323 e. The largest absolute Gasteiger partial charge is 0.480 e. The number of aliphatic carboxylic acids is 1. The van der Waals surface area contributed by atoms with Crippen molar-refractivity contribution in [3.8, 4) is 0 Å². The number of carboxylic acids is 1. The predicted molar refractivity (Wildman–Crippen MR) is 69.0 cm³/mol. The van der Waals surface area contributed by atoms with Crippen LogP contribution >= 0.6 is 0 Å². The monoisotopic (exact) mass is 271 g/mol. The Morgan fingerprint density at radius 3 is 2.17 bits per heavy atom. The molecule has 0 amide bonds. The summed E-state index contributed by atoms with van der Waals surface area (Å²) in [6.07, 6.45) is 0. The third-order valence-electron chi connectivity index (χ3n) is 2.57. The summed E-state index contributed by atoms with van der Waals surface area (Å²) in [5.41, 5.74) is 7.69. The first-order valence-corrected chi connectivity index (χ1v) is 7.19. The minimum absolute atomic E-state index is 0.302. The summed E-state index contributed by atoms with van der Waals surface area (Å²) in [5, 5.41) is 7.29. The van der Waals surface area contributed by atoms with Crippen molar-refractivity contribution in [1.82, 2.24) is 0 Å². The van der Waals surface area contributed by atoms with Crippen molar-refractivity contribution >= 4 is 15.8 Å². The first kappa shape index (κ1) is 14.7. The van der Waals surface area contributed by atoms with E-state index in [1.807, 2.05) is 19.9 Å². The van der Waals surface area contributed by atoms with Crippen LogP contribution in [0, 0.1) is 13.8 Å². The zero-order valence-corrected chi connectivity index (χ0v) is 11.2. The fraction of sp³-hybridized carbons (Fsp3) is 0.417. The van der Waals surface area contributed by atoms with Crippen molar-refractivity contribution in [2.24, 2.45) is 5.73 Å². The molecule has 0 saturated carbocycles. The quantitative estimate of drug-likeness (QED) is 0.818. The summed E-state index contributed by atoms with van der Waals surface area (Å²) in [4.78, 5) is 10.8. The van der Waals surface area contributed by atoms with Gasteiger partial charge in [-0.3, -0.25) is 4.79 Å². The number of hydrogen-bond donors (Lipinski definition) is 2. The van der Waals surface area contributed by atoms with Crippen LogP contribution in [0.1, 0.15) is 16.7 Å². The number of carbonyl (C=O) groups is 1. The molecule has 0 fully saturated rings. The molecule has 0 aromatic heterocycles. The molecule has 6 heteroatoms. The number of nitrogens with two attached hydrogens (primary N) is 1. The van der Waals surface area contributed by atoms with E-state index in [0.29, 0.717) is 5.56 Å². The van der Waals surface area contributed by atoms with Gasteiger partial charge >= 0.3 is 5.97 Å². The van der Waals surface area contributed by atoms with Crippen molar-refractivity contribution in [1.29, 1.82) is 0 Å². The van der Waals surface area contributed by atoms with Gasteiger partial charge in [0.1, 0.15) is 0 Å². The Hall–Kier alpha value is -1.40. The molecule has 1 atom stereocenters. The lowest BCUT2D eigenvalue weighted by Crippen LogP contribution is -2.37. The molecule has 1 aromatic carbocycles. The van der Waals surface area contributed by atoms with E-state index >= 15 is 0 Å². The minimum atomic E-state index is -3.78. The Morgan fingerprint density at radius 1 is 1.28 bits per heavy atom. The van der Waals surface area contributed by atoms with E-state index in [0.717, 1.165) is 11.1 Å². The Kier molecular flexibility index (Phi) is 4.48. The highest BCUT2D eigenvalue weighted by Crippen LogP contribution is 2.15. The van der Waals surface area contributed by atoms with E-state index < -0.39 is 27.6 Å². The maximum absolute atomic E-state index is 11.9. The standard InChI is InChI=1S/C12H17NO4S/c1-8-3-9(2)5-10(4-8)7-18(16,17)11(6-13)12(14)15/h3-5,11H,6-7,13H2,1-2H3,(H,14,15). The van der Waals surface area contributed by atoms with Gasteiger partial charge in [0.2, 0.25) is 0 Å². The van der Waals surface area contributed by atoms with Crippen LogP contribution < -0.4 is 5.73 Å². The maximum Gasteiger partial charge on any atom is 0.323 e. The van der Waals surface area contributed by atoms with Gasteiger partial charge in [-0.25, -0.2) is 8.42 Å². The van der Waals surface area contributed by atoms with Crippen LogP contribution in [0.25, 0.3) is 0 Å². The lowest BCUT2D eigenvalue weighted by molar-refractivity contribution is -0.136.